The molecule has 2 fully saturated rings. The molecule has 0 atom stereocenters. The number of rotatable bonds is 3. The van der Waals surface area contributed by atoms with Crippen LogP contribution in [0.15, 0.2) is 6.07 Å². The molecule has 29 heavy (non-hydrogen) atoms. The molecule has 10 heteroatoms. The maximum Gasteiger partial charge on any atom is 0.406 e. The number of alkyl halides is 3. The molecule has 0 aromatic carbocycles. The first-order chi connectivity index (χ1) is 13.8. The van der Waals surface area contributed by atoms with Gasteiger partial charge in [-0.3, -0.25) is 9.69 Å². The molecule has 3 heterocycles. The molecule has 0 spiro atoms. The van der Waals surface area contributed by atoms with Gasteiger partial charge in [0, 0.05) is 24.8 Å². The molecule has 0 bridgehead atoms. The van der Waals surface area contributed by atoms with E-state index < -0.39 is 24.7 Å². The van der Waals surface area contributed by atoms with Gasteiger partial charge in [0.05, 0.1) is 5.56 Å². The van der Waals surface area contributed by atoms with Crippen molar-refractivity contribution < 1.29 is 22.8 Å². The van der Waals surface area contributed by atoms with Gasteiger partial charge in [-0.05, 0) is 43.7 Å². The van der Waals surface area contributed by atoms with E-state index in [0.29, 0.717) is 37.3 Å². The molecule has 2 aliphatic heterocycles. The highest BCUT2D eigenvalue weighted by Crippen LogP contribution is 2.30. The monoisotopic (exact) mass is 407 g/mol. The van der Waals surface area contributed by atoms with Crippen molar-refractivity contribution in [3.63, 3.8) is 0 Å². The number of aromatic nitrogens is 1. The topological polar surface area (TPSA) is 80.5 Å². The molecular weight excluding hydrogens is 387 g/mol. The van der Waals surface area contributed by atoms with Crippen LogP contribution in [0.2, 0.25) is 0 Å². The average Bonchev–Trinajstić information content (AvgIpc) is 3.25. The summed E-state index contributed by atoms with van der Waals surface area (Å²) in [5, 5.41) is 9.49. The lowest BCUT2D eigenvalue weighted by atomic mass is 10.0. The summed E-state index contributed by atoms with van der Waals surface area (Å²) >= 11 is 0. The summed E-state index contributed by atoms with van der Waals surface area (Å²) in [7, 11) is 0. The van der Waals surface area contributed by atoms with Crippen LogP contribution in [0, 0.1) is 11.3 Å². The third-order valence-corrected chi connectivity index (χ3v) is 5.78. The Hall–Kier alpha value is -2.83. The number of hydrogen-bond acceptors (Lipinski definition) is 5. The molecule has 1 aromatic heterocycles. The van der Waals surface area contributed by atoms with Gasteiger partial charge in [0.1, 0.15) is 25.0 Å². The summed E-state index contributed by atoms with van der Waals surface area (Å²) < 4.78 is 37.9. The Morgan fingerprint density at radius 1 is 1.21 bits per heavy atom. The van der Waals surface area contributed by atoms with E-state index in [4.69, 9.17) is 0 Å². The second-order valence-corrected chi connectivity index (χ2v) is 7.65. The molecule has 0 saturated carbocycles. The summed E-state index contributed by atoms with van der Waals surface area (Å²) in [6.07, 6.45) is -0.760. The molecule has 3 amide bonds. The largest absolute Gasteiger partial charge is 0.406 e. The van der Waals surface area contributed by atoms with E-state index in [9.17, 15) is 28.0 Å². The second-order valence-electron chi connectivity index (χ2n) is 7.65. The number of nitriles is 1. The Bertz CT molecular complexity index is 887. The first-order valence-corrected chi connectivity index (χ1v) is 9.62. The maximum atomic E-state index is 12.6. The fraction of sp³-hybridized carbons (Fsp3) is 0.579. The number of anilines is 1. The van der Waals surface area contributed by atoms with Gasteiger partial charge in [-0.15, -0.1) is 0 Å². The van der Waals surface area contributed by atoms with Crippen LogP contribution in [0.3, 0.4) is 0 Å². The zero-order valence-electron chi connectivity index (χ0n) is 15.7. The minimum Gasteiger partial charge on any atom is -0.355 e. The first-order valence-electron chi connectivity index (χ1n) is 9.62. The number of pyridine rings is 1. The SMILES string of the molecule is N#Cc1cc2c(nc1N1CCC(N3CC(=O)N(CC(F)(F)F)C3=O)CC1)CCC2. The average molecular weight is 407 g/mol. The minimum atomic E-state index is -4.61. The third-order valence-electron chi connectivity index (χ3n) is 5.78. The van der Waals surface area contributed by atoms with Crippen LogP contribution in [0.4, 0.5) is 23.8 Å². The van der Waals surface area contributed by atoms with Gasteiger partial charge in [-0.2, -0.15) is 18.4 Å². The summed E-state index contributed by atoms with van der Waals surface area (Å²) in [4.78, 5) is 32.4. The summed E-state index contributed by atoms with van der Waals surface area (Å²) in [5.74, 6) is -0.184. The molecule has 4 rings (SSSR count). The van der Waals surface area contributed by atoms with E-state index in [1.165, 1.54) is 4.90 Å². The number of fused-ring (bicyclic) bond motifs is 1. The number of imide groups is 1. The lowest BCUT2D eigenvalue weighted by molar-refractivity contribution is -0.151. The third kappa shape index (κ3) is 3.73. The smallest absolute Gasteiger partial charge is 0.355 e. The first kappa shape index (κ1) is 19.5. The maximum absolute atomic E-state index is 12.6. The number of nitrogens with zero attached hydrogens (tertiary/aromatic N) is 5. The number of halogens is 3. The summed E-state index contributed by atoms with van der Waals surface area (Å²) in [5.41, 5.74) is 2.66. The second kappa shape index (κ2) is 7.21. The molecule has 1 aliphatic carbocycles. The number of aryl methyl sites for hydroxylation is 2. The molecule has 154 valence electrons. The molecule has 0 N–H and O–H groups in total. The lowest BCUT2D eigenvalue weighted by Crippen LogP contribution is -2.47. The van der Waals surface area contributed by atoms with Crippen molar-refractivity contribution in [1.82, 2.24) is 14.8 Å². The fourth-order valence-corrected chi connectivity index (χ4v) is 4.35. The molecule has 2 saturated heterocycles. The predicted molar refractivity (Wildman–Crippen MR) is 96.1 cm³/mol. The number of carbonyl (C=O) groups is 2. The molecular formula is C19H20F3N5O2. The number of carbonyl (C=O) groups excluding carboxylic acids is 2. The van der Waals surface area contributed by atoms with Gasteiger partial charge in [0.15, 0.2) is 0 Å². The Morgan fingerprint density at radius 3 is 2.59 bits per heavy atom. The van der Waals surface area contributed by atoms with E-state index in [2.05, 4.69) is 11.1 Å². The van der Waals surface area contributed by atoms with E-state index in [1.54, 1.807) is 0 Å². The normalized spacial score (nSPS) is 20.4. The van der Waals surface area contributed by atoms with Crippen LogP contribution < -0.4 is 4.90 Å². The van der Waals surface area contributed by atoms with Crippen molar-refractivity contribution in [3.8, 4) is 6.07 Å². The zero-order chi connectivity index (χ0) is 20.8. The number of piperidine rings is 1. The fourth-order valence-electron chi connectivity index (χ4n) is 4.35. The van der Waals surface area contributed by atoms with Crippen LogP contribution in [-0.2, 0) is 17.6 Å². The van der Waals surface area contributed by atoms with Crippen molar-refractivity contribution in [2.24, 2.45) is 0 Å². The van der Waals surface area contributed by atoms with Crippen LogP contribution in [-0.4, -0.2) is 65.1 Å². The van der Waals surface area contributed by atoms with E-state index >= 15 is 0 Å². The van der Waals surface area contributed by atoms with Crippen LogP contribution in [0.1, 0.15) is 36.1 Å². The van der Waals surface area contributed by atoms with Gasteiger partial charge < -0.3 is 9.80 Å². The van der Waals surface area contributed by atoms with Crippen LogP contribution in [0.5, 0.6) is 0 Å². The Kier molecular flexibility index (Phi) is 4.84. The number of urea groups is 1. The van der Waals surface area contributed by atoms with Crippen molar-refractivity contribution in [2.45, 2.75) is 44.3 Å². The van der Waals surface area contributed by atoms with Gasteiger partial charge in [0.2, 0.25) is 0 Å². The highest BCUT2D eigenvalue weighted by atomic mass is 19.4. The standard InChI is InChI=1S/C19H20F3N5O2/c20-19(21,22)11-27-16(28)10-26(18(27)29)14-4-6-25(7-5-14)17-13(9-23)8-12-2-1-3-15(12)24-17/h8,14H,1-7,10-11H2. The molecule has 7 nitrogen and oxygen atoms in total. The van der Waals surface area contributed by atoms with E-state index in [0.717, 1.165) is 30.5 Å². The number of amides is 3. The van der Waals surface area contributed by atoms with Crippen molar-refractivity contribution in [1.29, 1.82) is 5.26 Å². The van der Waals surface area contributed by atoms with Gasteiger partial charge >= 0.3 is 12.2 Å². The minimum absolute atomic E-state index is 0.280. The molecule has 0 unspecified atom stereocenters. The Morgan fingerprint density at radius 2 is 1.93 bits per heavy atom. The highest BCUT2D eigenvalue weighted by Gasteiger charge is 2.45. The zero-order valence-corrected chi connectivity index (χ0v) is 15.7. The van der Waals surface area contributed by atoms with Crippen molar-refractivity contribution in [3.05, 3.63) is 22.9 Å². The quantitative estimate of drug-likeness (QED) is 0.718. The predicted octanol–water partition coefficient (Wildman–Crippen LogP) is 2.24. The van der Waals surface area contributed by atoms with Gasteiger partial charge in [0.25, 0.3) is 5.91 Å². The van der Waals surface area contributed by atoms with E-state index in [1.807, 2.05) is 11.0 Å². The highest BCUT2D eigenvalue weighted by molar-refractivity contribution is 6.02. The van der Waals surface area contributed by atoms with Crippen molar-refractivity contribution in [2.75, 3.05) is 31.1 Å². The lowest BCUT2D eigenvalue weighted by Gasteiger charge is -2.37. The van der Waals surface area contributed by atoms with Crippen molar-refractivity contribution >= 4 is 17.8 Å². The summed E-state index contributed by atoms with van der Waals surface area (Å²) in [6.45, 7) is -0.838. The Labute approximate surface area is 165 Å². The molecule has 3 aliphatic rings. The van der Waals surface area contributed by atoms with E-state index in [-0.39, 0.29) is 17.5 Å². The van der Waals surface area contributed by atoms with Crippen LogP contribution in [0.25, 0.3) is 0 Å². The van der Waals surface area contributed by atoms with Gasteiger partial charge in [-0.25, -0.2) is 9.78 Å². The van der Waals surface area contributed by atoms with Crippen LogP contribution >= 0.6 is 0 Å². The summed E-state index contributed by atoms with van der Waals surface area (Å²) in [6, 6.07) is 2.92. The molecule has 1 aromatic rings. The molecule has 0 radical (unpaired) electrons. The van der Waals surface area contributed by atoms with Gasteiger partial charge in [-0.1, -0.05) is 0 Å². The number of hydrogen-bond donors (Lipinski definition) is 0. The Balaban J connectivity index is 1.44.